The van der Waals surface area contributed by atoms with E-state index >= 15 is 0 Å². The zero-order valence-electron chi connectivity index (χ0n) is 16.8. The van der Waals surface area contributed by atoms with E-state index in [-0.39, 0.29) is 5.82 Å². The second-order valence-corrected chi connectivity index (χ2v) is 7.26. The Balaban J connectivity index is 1.63. The first-order valence-electron chi connectivity index (χ1n) is 9.74. The number of nitrogens with one attached hydrogen (secondary N) is 3. The largest absolute Gasteiger partial charge is 0.338 e. The molecule has 5 aromatic rings. The van der Waals surface area contributed by atoms with E-state index in [1.165, 1.54) is 12.1 Å². The van der Waals surface area contributed by atoms with Gasteiger partial charge in [-0.05, 0) is 65.6 Å². The van der Waals surface area contributed by atoms with Crippen LogP contribution in [0.25, 0.3) is 50.0 Å². The summed E-state index contributed by atoms with van der Waals surface area (Å²) in [5.74, 6) is -0.258. The van der Waals surface area contributed by atoms with Gasteiger partial charge in [0.2, 0.25) is 0 Å². The monoisotopic (exact) mass is 410 g/mol. The molecule has 3 heterocycles. The third-order valence-corrected chi connectivity index (χ3v) is 5.33. The minimum absolute atomic E-state index is 0.258. The van der Waals surface area contributed by atoms with Gasteiger partial charge in [-0.3, -0.25) is 10.5 Å². The minimum atomic E-state index is -0.258. The van der Waals surface area contributed by atoms with Crippen LogP contribution in [0.15, 0.2) is 72.1 Å². The van der Waals surface area contributed by atoms with Crippen LogP contribution in [0.2, 0.25) is 0 Å². The van der Waals surface area contributed by atoms with Gasteiger partial charge in [0.05, 0.1) is 11.2 Å². The predicted molar refractivity (Wildman–Crippen MR) is 123 cm³/mol. The molecule has 0 aliphatic heterocycles. The average Bonchev–Trinajstić information content (AvgIpc) is 3.41. The maximum atomic E-state index is 13.4. The Bertz CT molecular complexity index is 1440. The summed E-state index contributed by atoms with van der Waals surface area (Å²) in [6.07, 6.45) is 3.55. The number of aromatic nitrogens is 4. The first-order chi connectivity index (χ1) is 15.1. The number of aromatic amines is 2. The molecule has 0 atom stereocenters. The molecule has 152 valence electrons. The van der Waals surface area contributed by atoms with E-state index in [9.17, 15) is 4.39 Å². The molecule has 0 aliphatic carbocycles. The standard InChI is InChI=1S/C24H19FN6/c1-14(13-28-26-2)16-5-8-21-20(11-16)23(31-30-21)22-12-19-18(9-10-27-24(19)29-22)15-3-6-17(25)7-4-15/h3-13,28H,2H2,1H3,(H,27,29)(H,30,31)/b14-13+. The highest BCUT2D eigenvalue weighted by atomic mass is 19.1. The van der Waals surface area contributed by atoms with Gasteiger partial charge in [-0.1, -0.05) is 18.2 Å². The number of hydrazone groups is 1. The van der Waals surface area contributed by atoms with Crippen molar-refractivity contribution >= 4 is 34.2 Å². The predicted octanol–water partition coefficient (Wildman–Crippen LogP) is 5.48. The summed E-state index contributed by atoms with van der Waals surface area (Å²) >= 11 is 0. The van der Waals surface area contributed by atoms with Gasteiger partial charge in [0, 0.05) is 29.9 Å². The molecule has 31 heavy (non-hydrogen) atoms. The van der Waals surface area contributed by atoms with Gasteiger partial charge in [0.25, 0.3) is 0 Å². The fraction of sp³-hybridized carbons (Fsp3) is 0.0417. The smallest absolute Gasteiger partial charge is 0.138 e. The molecular formula is C24H19FN6. The van der Waals surface area contributed by atoms with E-state index in [0.29, 0.717) is 0 Å². The number of H-pyrrole nitrogens is 2. The summed E-state index contributed by atoms with van der Waals surface area (Å²) in [4.78, 5) is 7.85. The van der Waals surface area contributed by atoms with Crippen LogP contribution in [0.3, 0.4) is 0 Å². The fourth-order valence-electron chi connectivity index (χ4n) is 3.73. The molecule has 0 amide bonds. The molecule has 7 heteroatoms. The van der Waals surface area contributed by atoms with Gasteiger partial charge in [0.15, 0.2) is 0 Å². The van der Waals surface area contributed by atoms with Crippen LogP contribution >= 0.6 is 0 Å². The summed E-state index contributed by atoms with van der Waals surface area (Å²) in [7, 11) is 0. The summed E-state index contributed by atoms with van der Waals surface area (Å²) < 4.78 is 13.4. The highest BCUT2D eigenvalue weighted by Gasteiger charge is 2.15. The number of fused-ring (bicyclic) bond motifs is 2. The van der Waals surface area contributed by atoms with Gasteiger partial charge in [0.1, 0.15) is 17.2 Å². The second kappa shape index (κ2) is 7.53. The Morgan fingerprint density at radius 3 is 2.74 bits per heavy atom. The van der Waals surface area contributed by atoms with Crippen molar-refractivity contribution in [3.05, 3.63) is 78.4 Å². The maximum absolute atomic E-state index is 13.4. The molecule has 0 radical (unpaired) electrons. The molecule has 0 spiro atoms. The Labute approximate surface area is 177 Å². The van der Waals surface area contributed by atoms with Gasteiger partial charge in [-0.15, -0.1) is 0 Å². The number of rotatable bonds is 5. The molecule has 5 rings (SSSR count). The first kappa shape index (κ1) is 18.7. The molecule has 6 nitrogen and oxygen atoms in total. The second-order valence-electron chi connectivity index (χ2n) is 7.26. The van der Waals surface area contributed by atoms with E-state index in [1.54, 1.807) is 24.5 Å². The SMILES string of the molecule is C=NN/C=C(\C)c1ccc2[nH]nc(-c3cc4c(-c5ccc(F)cc5)ccnc4[nH]3)c2c1. The number of allylic oxidation sites excluding steroid dienone is 1. The molecule has 0 unspecified atom stereocenters. The molecular weight excluding hydrogens is 391 g/mol. The van der Waals surface area contributed by atoms with Crippen LogP contribution in [-0.4, -0.2) is 26.9 Å². The van der Waals surface area contributed by atoms with Gasteiger partial charge in [-0.25, -0.2) is 9.37 Å². The van der Waals surface area contributed by atoms with Crippen LogP contribution in [0.4, 0.5) is 4.39 Å². The van der Waals surface area contributed by atoms with Crippen LogP contribution in [0.1, 0.15) is 12.5 Å². The summed E-state index contributed by atoms with van der Waals surface area (Å²) in [5.41, 5.74) is 10.1. The Morgan fingerprint density at radius 1 is 1.10 bits per heavy atom. The van der Waals surface area contributed by atoms with Gasteiger partial charge in [-0.2, -0.15) is 10.2 Å². The highest BCUT2D eigenvalue weighted by Crippen LogP contribution is 2.34. The highest BCUT2D eigenvalue weighted by molar-refractivity contribution is 6.00. The normalized spacial score (nSPS) is 11.9. The van der Waals surface area contributed by atoms with Crippen LogP contribution < -0.4 is 5.43 Å². The molecule has 2 aromatic carbocycles. The zero-order chi connectivity index (χ0) is 21.4. The van der Waals surface area contributed by atoms with Crippen LogP contribution in [0.5, 0.6) is 0 Å². The summed E-state index contributed by atoms with van der Waals surface area (Å²) in [6, 6.07) is 16.6. The molecule has 0 saturated carbocycles. The van der Waals surface area contributed by atoms with Crippen molar-refractivity contribution in [1.29, 1.82) is 0 Å². The number of halogens is 1. The number of hydrogen-bond donors (Lipinski definition) is 3. The molecule has 3 aromatic heterocycles. The molecule has 0 saturated heterocycles. The van der Waals surface area contributed by atoms with E-state index in [4.69, 9.17) is 0 Å². The number of benzene rings is 2. The van der Waals surface area contributed by atoms with E-state index in [2.05, 4.69) is 43.5 Å². The fourth-order valence-corrected chi connectivity index (χ4v) is 3.73. The van der Waals surface area contributed by atoms with Gasteiger partial charge >= 0.3 is 0 Å². The van der Waals surface area contributed by atoms with Crippen molar-refractivity contribution < 1.29 is 4.39 Å². The first-order valence-corrected chi connectivity index (χ1v) is 9.74. The average molecular weight is 410 g/mol. The Morgan fingerprint density at radius 2 is 1.94 bits per heavy atom. The number of nitrogens with zero attached hydrogens (tertiary/aromatic N) is 3. The third-order valence-electron chi connectivity index (χ3n) is 5.33. The molecule has 3 N–H and O–H groups in total. The van der Waals surface area contributed by atoms with Crippen LogP contribution in [-0.2, 0) is 0 Å². The van der Waals surface area contributed by atoms with Crippen molar-refractivity contribution in [2.45, 2.75) is 6.92 Å². The van der Waals surface area contributed by atoms with Crippen molar-refractivity contribution in [3.8, 4) is 22.5 Å². The summed E-state index contributed by atoms with van der Waals surface area (Å²) in [5, 5.41) is 13.2. The lowest BCUT2D eigenvalue weighted by Crippen LogP contribution is -1.93. The van der Waals surface area contributed by atoms with E-state index in [1.807, 2.05) is 31.2 Å². The Hall–Kier alpha value is -4.26. The van der Waals surface area contributed by atoms with Crippen molar-refractivity contribution in [1.82, 2.24) is 25.6 Å². The number of hydrogen-bond acceptors (Lipinski definition) is 4. The molecule has 0 fully saturated rings. The third kappa shape index (κ3) is 3.36. The van der Waals surface area contributed by atoms with Crippen LogP contribution in [0, 0.1) is 5.82 Å². The Kier molecular flexibility index (Phi) is 4.55. The lowest BCUT2D eigenvalue weighted by Gasteiger charge is -2.03. The molecule has 0 bridgehead atoms. The van der Waals surface area contributed by atoms with E-state index in [0.717, 1.165) is 55.6 Å². The van der Waals surface area contributed by atoms with Crippen molar-refractivity contribution in [2.75, 3.05) is 0 Å². The lowest BCUT2D eigenvalue weighted by atomic mass is 10.0. The topological polar surface area (TPSA) is 81.8 Å². The van der Waals surface area contributed by atoms with Crippen molar-refractivity contribution in [2.24, 2.45) is 5.10 Å². The quantitative estimate of drug-likeness (QED) is 0.265. The van der Waals surface area contributed by atoms with Gasteiger partial charge < -0.3 is 4.98 Å². The minimum Gasteiger partial charge on any atom is -0.338 e. The summed E-state index contributed by atoms with van der Waals surface area (Å²) in [6.45, 7) is 5.43. The van der Waals surface area contributed by atoms with Crippen molar-refractivity contribution in [3.63, 3.8) is 0 Å². The zero-order valence-corrected chi connectivity index (χ0v) is 16.8. The van der Waals surface area contributed by atoms with E-state index < -0.39 is 0 Å². The molecule has 0 aliphatic rings. The lowest BCUT2D eigenvalue weighted by molar-refractivity contribution is 0.628. The maximum Gasteiger partial charge on any atom is 0.138 e. The number of pyridine rings is 1.